The summed E-state index contributed by atoms with van der Waals surface area (Å²) in [7, 11) is -2.32. The van der Waals surface area contributed by atoms with Crippen molar-refractivity contribution in [1.82, 2.24) is 4.31 Å². The Morgan fingerprint density at radius 3 is 2.58 bits per heavy atom. The van der Waals surface area contributed by atoms with Gasteiger partial charge in [0.2, 0.25) is 10.0 Å². The predicted octanol–water partition coefficient (Wildman–Crippen LogP) is 4.03. The molecule has 3 aromatic rings. The van der Waals surface area contributed by atoms with Crippen LogP contribution in [0.4, 0.5) is 5.69 Å². The van der Waals surface area contributed by atoms with Crippen molar-refractivity contribution in [3.05, 3.63) is 72.3 Å². The predicted molar refractivity (Wildman–Crippen MR) is 121 cm³/mol. The standard InChI is InChI=1S/C24H26N2O4S/c1-30-24(27)20-9-5-15-26(17-20)31(28,29)22-13-11-21(12-14-22)25-16-19-8-4-7-18-6-2-3-10-23(18)19/h2-4,6-8,10-14,20,25H,5,9,15-17H2,1H3/t20-/m1/s1. The maximum absolute atomic E-state index is 13.0. The number of fused-ring (bicyclic) bond motifs is 1. The van der Waals surface area contributed by atoms with Crippen molar-refractivity contribution in [2.75, 3.05) is 25.5 Å². The van der Waals surface area contributed by atoms with Gasteiger partial charge in [0.05, 0.1) is 17.9 Å². The van der Waals surface area contributed by atoms with Crippen LogP contribution in [0.15, 0.2) is 71.6 Å². The second-order valence-electron chi connectivity index (χ2n) is 7.74. The highest BCUT2D eigenvalue weighted by atomic mass is 32.2. The van der Waals surface area contributed by atoms with Gasteiger partial charge in [-0.15, -0.1) is 0 Å². The summed E-state index contributed by atoms with van der Waals surface area (Å²) in [5, 5.41) is 5.76. The minimum absolute atomic E-state index is 0.163. The van der Waals surface area contributed by atoms with Gasteiger partial charge in [0.25, 0.3) is 0 Å². The van der Waals surface area contributed by atoms with E-state index in [4.69, 9.17) is 4.74 Å². The lowest BCUT2D eigenvalue weighted by Crippen LogP contribution is -2.42. The molecule has 3 aromatic carbocycles. The molecule has 0 radical (unpaired) electrons. The molecule has 1 heterocycles. The number of rotatable bonds is 6. The second kappa shape index (κ2) is 9.08. The molecule has 0 saturated carbocycles. The number of esters is 1. The van der Waals surface area contributed by atoms with Crippen LogP contribution < -0.4 is 5.32 Å². The van der Waals surface area contributed by atoms with Gasteiger partial charge in [-0.25, -0.2) is 8.42 Å². The van der Waals surface area contributed by atoms with Gasteiger partial charge in [-0.2, -0.15) is 4.31 Å². The first-order valence-electron chi connectivity index (χ1n) is 10.4. The molecule has 1 N–H and O–H groups in total. The monoisotopic (exact) mass is 438 g/mol. The van der Waals surface area contributed by atoms with Crippen LogP contribution in [0.25, 0.3) is 10.8 Å². The number of piperidine rings is 1. The highest BCUT2D eigenvalue weighted by Crippen LogP contribution is 2.26. The van der Waals surface area contributed by atoms with Crippen LogP contribution in [0, 0.1) is 5.92 Å². The largest absolute Gasteiger partial charge is 0.469 e. The number of benzene rings is 3. The van der Waals surface area contributed by atoms with Gasteiger partial charge < -0.3 is 10.1 Å². The number of carbonyl (C=O) groups excluding carboxylic acids is 1. The third-order valence-corrected chi connectivity index (χ3v) is 7.65. The molecule has 1 fully saturated rings. The minimum Gasteiger partial charge on any atom is -0.469 e. The number of methoxy groups -OCH3 is 1. The molecule has 31 heavy (non-hydrogen) atoms. The smallest absolute Gasteiger partial charge is 0.309 e. The van der Waals surface area contributed by atoms with Crippen molar-refractivity contribution in [2.24, 2.45) is 5.92 Å². The molecule has 4 rings (SSSR count). The van der Waals surface area contributed by atoms with E-state index in [1.807, 2.05) is 18.2 Å². The van der Waals surface area contributed by atoms with E-state index in [1.165, 1.54) is 27.8 Å². The Hall–Kier alpha value is -2.90. The molecule has 0 aromatic heterocycles. The van der Waals surface area contributed by atoms with Crippen molar-refractivity contribution in [1.29, 1.82) is 0 Å². The summed E-state index contributed by atoms with van der Waals surface area (Å²) in [6.45, 7) is 1.22. The number of anilines is 1. The first-order valence-corrected chi connectivity index (χ1v) is 11.8. The Labute approximate surface area is 182 Å². The van der Waals surface area contributed by atoms with E-state index in [0.717, 1.165) is 5.69 Å². The topological polar surface area (TPSA) is 75.7 Å². The van der Waals surface area contributed by atoms with Crippen molar-refractivity contribution in [3.8, 4) is 0 Å². The molecule has 0 aliphatic carbocycles. The normalized spacial score (nSPS) is 17.4. The van der Waals surface area contributed by atoms with Gasteiger partial charge >= 0.3 is 5.97 Å². The molecular weight excluding hydrogens is 412 g/mol. The van der Waals surface area contributed by atoms with Gasteiger partial charge in [0.15, 0.2) is 0 Å². The molecule has 162 valence electrons. The Bertz CT molecular complexity index is 1170. The Morgan fingerprint density at radius 2 is 1.81 bits per heavy atom. The highest BCUT2D eigenvalue weighted by Gasteiger charge is 2.33. The zero-order valence-electron chi connectivity index (χ0n) is 17.5. The average Bonchev–Trinajstić information content (AvgIpc) is 2.82. The number of carbonyl (C=O) groups is 1. The van der Waals surface area contributed by atoms with E-state index in [9.17, 15) is 13.2 Å². The molecule has 1 saturated heterocycles. The lowest BCUT2D eigenvalue weighted by Gasteiger charge is -2.30. The minimum atomic E-state index is -3.65. The van der Waals surface area contributed by atoms with Gasteiger partial charge in [0.1, 0.15) is 0 Å². The van der Waals surface area contributed by atoms with Crippen LogP contribution in [0.3, 0.4) is 0 Å². The number of hydrogen-bond acceptors (Lipinski definition) is 5. The Kier molecular flexibility index (Phi) is 6.25. The second-order valence-corrected chi connectivity index (χ2v) is 9.68. The Morgan fingerprint density at radius 1 is 1.06 bits per heavy atom. The summed E-state index contributed by atoms with van der Waals surface area (Å²) >= 11 is 0. The van der Waals surface area contributed by atoms with Crippen molar-refractivity contribution in [2.45, 2.75) is 24.3 Å². The fraction of sp³-hybridized carbons (Fsp3) is 0.292. The molecule has 0 unspecified atom stereocenters. The van der Waals surface area contributed by atoms with Crippen molar-refractivity contribution in [3.63, 3.8) is 0 Å². The molecule has 0 spiro atoms. The highest BCUT2D eigenvalue weighted by molar-refractivity contribution is 7.89. The SMILES string of the molecule is COC(=O)[C@@H]1CCCN(S(=O)(=O)c2ccc(NCc3cccc4ccccc34)cc2)C1. The molecule has 7 heteroatoms. The van der Waals surface area contributed by atoms with Gasteiger partial charge in [0, 0.05) is 25.3 Å². The summed E-state index contributed by atoms with van der Waals surface area (Å²) in [5.41, 5.74) is 2.02. The summed E-state index contributed by atoms with van der Waals surface area (Å²) in [5.74, 6) is -0.761. The summed E-state index contributed by atoms with van der Waals surface area (Å²) in [4.78, 5) is 12.1. The molecule has 0 bridgehead atoms. The maximum Gasteiger partial charge on any atom is 0.309 e. The maximum atomic E-state index is 13.0. The molecule has 0 amide bonds. The zero-order valence-corrected chi connectivity index (χ0v) is 18.3. The summed E-state index contributed by atoms with van der Waals surface area (Å²) < 4.78 is 32.2. The summed E-state index contributed by atoms with van der Waals surface area (Å²) in [6, 6.07) is 21.2. The van der Waals surface area contributed by atoms with Gasteiger partial charge in [-0.1, -0.05) is 42.5 Å². The first-order chi connectivity index (χ1) is 15.0. The molecule has 1 aliphatic heterocycles. The molecule has 6 nitrogen and oxygen atoms in total. The fourth-order valence-electron chi connectivity index (χ4n) is 4.06. The van der Waals surface area contributed by atoms with Crippen LogP contribution in [-0.2, 0) is 26.1 Å². The quantitative estimate of drug-likeness (QED) is 0.588. The van der Waals surface area contributed by atoms with E-state index in [2.05, 4.69) is 29.6 Å². The molecule has 1 atom stereocenters. The van der Waals surface area contributed by atoms with Crippen molar-refractivity contribution < 1.29 is 17.9 Å². The fourth-order valence-corrected chi connectivity index (χ4v) is 5.58. The zero-order chi connectivity index (χ0) is 21.8. The number of sulfonamides is 1. The molecule has 1 aliphatic rings. The first kappa shape index (κ1) is 21.3. The van der Waals surface area contributed by atoms with Crippen molar-refractivity contribution >= 4 is 32.5 Å². The number of nitrogens with zero attached hydrogens (tertiary/aromatic N) is 1. The number of nitrogens with one attached hydrogen (secondary N) is 1. The van der Waals surface area contributed by atoms with Crippen LogP contribution in [-0.4, -0.2) is 38.9 Å². The summed E-state index contributed by atoms with van der Waals surface area (Å²) in [6.07, 6.45) is 1.29. The van der Waals surface area contributed by atoms with Gasteiger partial charge in [-0.3, -0.25) is 4.79 Å². The van der Waals surface area contributed by atoms with E-state index in [1.54, 1.807) is 24.3 Å². The van der Waals surface area contributed by atoms with E-state index >= 15 is 0 Å². The Balaban J connectivity index is 1.45. The van der Waals surface area contributed by atoms with Crippen LogP contribution in [0.1, 0.15) is 18.4 Å². The van der Waals surface area contributed by atoms with Crippen LogP contribution in [0.2, 0.25) is 0 Å². The van der Waals surface area contributed by atoms with Gasteiger partial charge in [-0.05, 0) is 53.4 Å². The van der Waals surface area contributed by atoms with Crippen LogP contribution in [0.5, 0.6) is 0 Å². The third-order valence-electron chi connectivity index (χ3n) is 5.77. The lowest BCUT2D eigenvalue weighted by molar-refractivity contribution is -0.146. The number of hydrogen-bond donors (Lipinski definition) is 1. The lowest BCUT2D eigenvalue weighted by atomic mass is 10.0. The molecular formula is C24H26N2O4S. The van der Waals surface area contributed by atoms with E-state index < -0.39 is 15.9 Å². The van der Waals surface area contributed by atoms with E-state index in [0.29, 0.717) is 25.9 Å². The average molecular weight is 439 g/mol. The number of ether oxygens (including phenoxy) is 1. The van der Waals surface area contributed by atoms with E-state index in [-0.39, 0.29) is 17.4 Å². The van der Waals surface area contributed by atoms with Crippen LogP contribution >= 0.6 is 0 Å². The third kappa shape index (κ3) is 4.57.